The highest BCUT2D eigenvalue weighted by molar-refractivity contribution is 5.79. The number of carbonyl (C=O) groups is 1. The molecule has 1 aliphatic heterocycles. The molecule has 24 heavy (non-hydrogen) atoms. The Morgan fingerprint density at radius 1 is 1.00 bits per heavy atom. The van der Waals surface area contributed by atoms with Crippen molar-refractivity contribution in [2.45, 2.75) is 71.1 Å². The van der Waals surface area contributed by atoms with Crippen molar-refractivity contribution in [2.75, 3.05) is 13.2 Å². The van der Waals surface area contributed by atoms with Crippen molar-refractivity contribution in [1.29, 1.82) is 0 Å². The molecule has 1 aromatic rings. The summed E-state index contributed by atoms with van der Waals surface area (Å²) in [5, 5.41) is 12.5. The van der Waals surface area contributed by atoms with Gasteiger partial charge in [0.25, 0.3) is 0 Å². The molecule has 3 nitrogen and oxygen atoms in total. The monoisotopic (exact) mass is 331 g/mol. The van der Waals surface area contributed by atoms with Crippen molar-refractivity contribution in [3.8, 4) is 0 Å². The molecule has 1 atom stereocenters. The Bertz CT molecular complexity index is 497. The lowest BCUT2D eigenvalue weighted by Gasteiger charge is -2.24. The number of benzene rings is 1. The number of carbonyl (C=O) groups excluding carboxylic acids is 1. The van der Waals surface area contributed by atoms with Gasteiger partial charge in [0.1, 0.15) is 0 Å². The third kappa shape index (κ3) is 5.94. The van der Waals surface area contributed by atoms with Crippen LogP contribution < -0.4 is 5.32 Å². The van der Waals surface area contributed by atoms with E-state index in [4.69, 9.17) is 0 Å². The maximum Gasteiger partial charge on any atom is 0.220 e. The minimum atomic E-state index is -0.256. The molecule has 1 aliphatic rings. The van der Waals surface area contributed by atoms with Crippen molar-refractivity contribution in [1.82, 2.24) is 5.32 Å². The number of hydrogen-bond donors (Lipinski definition) is 2. The number of unbranched alkanes of at least 4 members (excludes halogenated alkanes) is 5. The van der Waals surface area contributed by atoms with Crippen LogP contribution in [-0.4, -0.2) is 24.2 Å². The summed E-state index contributed by atoms with van der Waals surface area (Å²) in [6.45, 7) is 2.95. The topological polar surface area (TPSA) is 49.3 Å². The molecular formula is C21H33NO2. The van der Waals surface area contributed by atoms with Crippen LogP contribution in [0.4, 0.5) is 0 Å². The second-order valence-corrected chi connectivity index (χ2v) is 7.45. The fraction of sp³-hybridized carbons (Fsp3) is 0.667. The fourth-order valence-electron chi connectivity index (χ4n) is 3.51. The Morgan fingerprint density at radius 3 is 2.21 bits per heavy atom. The van der Waals surface area contributed by atoms with E-state index in [2.05, 4.69) is 36.5 Å². The first kappa shape index (κ1) is 19.0. The zero-order chi connectivity index (χ0) is 17.3. The van der Waals surface area contributed by atoms with Crippen molar-refractivity contribution in [2.24, 2.45) is 5.41 Å². The van der Waals surface area contributed by atoms with Crippen LogP contribution >= 0.6 is 0 Å². The molecule has 1 amide bonds. The van der Waals surface area contributed by atoms with Gasteiger partial charge in [0.15, 0.2) is 0 Å². The van der Waals surface area contributed by atoms with Crippen molar-refractivity contribution >= 4 is 5.91 Å². The van der Waals surface area contributed by atoms with E-state index in [0.717, 1.165) is 12.8 Å². The lowest BCUT2D eigenvalue weighted by molar-refractivity contribution is -0.119. The Balaban J connectivity index is 1.71. The van der Waals surface area contributed by atoms with Gasteiger partial charge in [-0.25, -0.2) is 0 Å². The van der Waals surface area contributed by atoms with Gasteiger partial charge in [-0.3, -0.25) is 4.79 Å². The van der Waals surface area contributed by atoms with Crippen molar-refractivity contribution < 1.29 is 9.90 Å². The number of hydrogen-bond acceptors (Lipinski definition) is 2. The zero-order valence-electron chi connectivity index (χ0n) is 15.2. The van der Waals surface area contributed by atoms with Crippen LogP contribution in [0.25, 0.3) is 0 Å². The molecule has 134 valence electrons. The third-order valence-electron chi connectivity index (χ3n) is 5.32. The summed E-state index contributed by atoms with van der Waals surface area (Å²) < 4.78 is 0. The van der Waals surface area contributed by atoms with E-state index in [9.17, 15) is 9.90 Å². The molecule has 2 rings (SSSR count). The van der Waals surface area contributed by atoms with Crippen LogP contribution in [0.1, 0.15) is 69.4 Å². The zero-order valence-corrected chi connectivity index (χ0v) is 15.2. The van der Waals surface area contributed by atoms with E-state index in [1.807, 2.05) is 0 Å². The minimum Gasteiger partial charge on any atom is -0.396 e. The summed E-state index contributed by atoms with van der Waals surface area (Å²) in [5.74, 6) is 0.0679. The molecular weight excluding hydrogens is 298 g/mol. The number of aliphatic hydroxyl groups excluding tert-OH is 1. The molecule has 3 heteroatoms. The first-order valence-electron chi connectivity index (χ1n) is 9.63. The van der Waals surface area contributed by atoms with Gasteiger partial charge in [-0.15, -0.1) is 0 Å². The van der Waals surface area contributed by atoms with Gasteiger partial charge in [0.2, 0.25) is 5.91 Å². The standard InChI is InChI=1S/C21H33NO2/c1-2-3-4-5-6-7-8-18-9-11-19(12-10-18)13-14-21(17-23)15-20(24)22-16-21/h9-12,23H,2-8,13-17H2,1H3,(H,22,24). The highest BCUT2D eigenvalue weighted by Crippen LogP contribution is 2.31. The average molecular weight is 332 g/mol. The quantitative estimate of drug-likeness (QED) is 0.602. The SMILES string of the molecule is CCCCCCCCc1ccc(CCC2(CO)CNC(=O)C2)cc1. The summed E-state index contributed by atoms with van der Waals surface area (Å²) in [6.07, 6.45) is 11.4. The predicted octanol–water partition coefficient (Wildman–Crippen LogP) is 4.02. The van der Waals surface area contributed by atoms with E-state index in [1.54, 1.807) is 0 Å². The number of nitrogens with one attached hydrogen (secondary N) is 1. The van der Waals surface area contributed by atoms with Gasteiger partial charge in [0.05, 0.1) is 6.61 Å². The molecule has 0 aromatic heterocycles. The van der Waals surface area contributed by atoms with E-state index < -0.39 is 0 Å². The minimum absolute atomic E-state index is 0.0679. The van der Waals surface area contributed by atoms with Gasteiger partial charge in [-0.05, 0) is 36.8 Å². The first-order chi connectivity index (χ1) is 11.7. The number of aryl methyl sites for hydroxylation is 2. The van der Waals surface area contributed by atoms with Crippen LogP contribution in [0.2, 0.25) is 0 Å². The molecule has 0 saturated carbocycles. The fourth-order valence-corrected chi connectivity index (χ4v) is 3.51. The second-order valence-electron chi connectivity index (χ2n) is 7.45. The normalized spacial score (nSPS) is 20.3. The molecule has 1 heterocycles. The third-order valence-corrected chi connectivity index (χ3v) is 5.32. The van der Waals surface area contributed by atoms with Gasteiger partial charge in [-0.2, -0.15) is 0 Å². The number of aliphatic hydroxyl groups is 1. The number of rotatable bonds is 11. The van der Waals surface area contributed by atoms with Gasteiger partial charge in [-0.1, -0.05) is 63.3 Å². The van der Waals surface area contributed by atoms with Crippen LogP contribution in [0, 0.1) is 5.41 Å². The van der Waals surface area contributed by atoms with E-state index in [0.29, 0.717) is 13.0 Å². The Hall–Kier alpha value is -1.35. The van der Waals surface area contributed by atoms with Crippen LogP contribution in [0.15, 0.2) is 24.3 Å². The summed E-state index contributed by atoms with van der Waals surface area (Å²) >= 11 is 0. The van der Waals surface area contributed by atoms with Gasteiger partial charge >= 0.3 is 0 Å². The van der Waals surface area contributed by atoms with Crippen LogP contribution in [-0.2, 0) is 17.6 Å². The first-order valence-corrected chi connectivity index (χ1v) is 9.63. The van der Waals surface area contributed by atoms with E-state index in [-0.39, 0.29) is 17.9 Å². The molecule has 2 N–H and O–H groups in total. The number of amides is 1. The maximum atomic E-state index is 11.4. The van der Waals surface area contributed by atoms with Gasteiger partial charge in [0, 0.05) is 18.4 Å². The molecule has 1 fully saturated rings. The molecule has 1 unspecified atom stereocenters. The van der Waals surface area contributed by atoms with Gasteiger partial charge < -0.3 is 10.4 Å². The van der Waals surface area contributed by atoms with Crippen LogP contribution in [0.5, 0.6) is 0 Å². The smallest absolute Gasteiger partial charge is 0.220 e. The molecule has 0 bridgehead atoms. The average Bonchev–Trinajstić information content (AvgIpc) is 2.99. The summed E-state index contributed by atoms with van der Waals surface area (Å²) in [5.41, 5.74) is 2.46. The molecule has 0 spiro atoms. The summed E-state index contributed by atoms with van der Waals surface area (Å²) in [7, 11) is 0. The van der Waals surface area contributed by atoms with Crippen molar-refractivity contribution in [3.63, 3.8) is 0 Å². The van der Waals surface area contributed by atoms with E-state index >= 15 is 0 Å². The largest absolute Gasteiger partial charge is 0.396 e. The Morgan fingerprint density at radius 2 is 1.62 bits per heavy atom. The summed E-state index contributed by atoms with van der Waals surface area (Å²) in [6, 6.07) is 8.90. The molecule has 0 radical (unpaired) electrons. The summed E-state index contributed by atoms with van der Waals surface area (Å²) in [4.78, 5) is 11.4. The molecule has 0 aliphatic carbocycles. The Labute approximate surface area is 146 Å². The van der Waals surface area contributed by atoms with Crippen LogP contribution in [0.3, 0.4) is 0 Å². The van der Waals surface area contributed by atoms with Crippen molar-refractivity contribution in [3.05, 3.63) is 35.4 Å². The van der Waals surface area contributed by atoms with E-state index in [1.165, 1.54) is 56.1 Å². The lowest BCUT2D eigenvalue weighted by Crippen LogP contribution is -2.28. The second kappa shape index (κ2) is 9.83. The highest BCUT2D eigenvalue weighted by atomic mass is 16.3. The molecule has 1 aromatic carbocycles. The maximum absolute atomic E-state index is 11.4. The Kier molecular flexibility index (Phi) is 7.77. The lowest BCUT2D eigenvalue weighted by atomic mass is 9.82. The molecule has 1 saturated heterocycles. The predicted molar refractivity (Wildman–Crippen MR) is 99.0 cm³/mol. The highest BCUT2D eigenvalue weighted by Gasteiger charge is 2.37.